The van der Waals surface area contributed by atoms with Gasteiger partial charge < -0.3 is 9.64 Å². The van der Waals surface area contributed by atoms with E-state index < -0.39 is 0 Å². The minimum atomic E-state index is 0.00158. The molecular weight excluding hydrogens is 526 g/mol. The molecule has 0 radical (unpaired) electrons. The van der Waals surface area contributed by atoms with Gasteiger partial charge in [0, 0.05) is 56.8 Å². The Bertz CT molecular complexity index is 1760. The molecule has 6 rings (SSSR count). The molecule has 0 atom stereocenters. The summed E-state index contributed by atoms with van der Waals surface area (Å²) in [5.74, 6) is 0.763. The molecule has 1 fully saturated rings. The van der Waals surface area contributed by atoms with Crippen molar-refractivity contribution < 1.29 is 9.53 Å². The summed E-state index contributed by atoms with van der Waals surface area (Å²) in [6.07, 6.45) is 3.78. The lowest BCUT2D eigenvalue weighted by Crippen LogP contribution is -2.45. The Kier molecular flexibility index (Phi) is 7.86. The molecule has 216 valence electrons. The molecule has 9 nitrogen and oxygen atoms in total. The van der Waals surface area contributed by atoms with Crippen molar-refractivity contribution in [3.63, 3.8) is 0 Å². The van der Waals surface area contributed by atoms with Crippen LogP contribution in [0.15, 0.2) is 67.5 Å². The van der Waals surface area contributed by atoms with Gasteiger partial charge in [0.25, 0.3) is 0 Å². The Morgan fingerprint density at radius 1 is 1.07 bits per heavy atom. The molecule has 0 N–H and O–H groups in total. The number of aromatic nitrogens is 5. The first kappa shape index (κ1) is 27.8. The summed E-state index contributed by atoms with van der Waals surface area (Å²) in [5, 5.41) is 5.82. The van der Waals surface area contributed by atoms with E-state index in [4.69, 9.17) is 14.8 Å². The topological polar surface area (TPSA) is 80.8 Å². The van der Waals surface area contributed by atoms with Crippen LogP contribution in [0.5, 0.6) is 5.75 Å². The number of likely N-dealkylation sites (N-methyl/N-ethyl adjacent to an activating group) is 1. The Labute approximate surface area is 246 Å². The van der Waals surface area contributed by atoms with Crippen LogP contribution in [0.25, 0.3) is 22.1 Å². The summed E-state index contributed by atoms with van der Waals surface area (Å²) in [7, 11) is 2.16. The standard InChI is InChI=1S/C33H37N7O2/c1-23(2)28-9-6-8-26(35-28)22-40-29-10-5-7-25(33(29)24(3)36-40)19-31(41)30-21-34-32-20-27(11-12-39(30)32)42-18-17-38-15-13-37(4)14-16-38/h5-12,20-21H,1,13-19,22H2,2-4H3. The molecule has 4 aromatic heterocycles. The van der Waals surface area contributed by atoms with Crippen molar-refractivity contribution in [2.24, 2.45) is 0 Å². The molecular formula is C33H37N7O2. The van der Waals surface area contributed by atoms with Crippen molar-refractivity contribution in [3.8, 4) is 5.75 Å². The van der Waals surface area contributed by atoms with E-state index >= 15 is 0 Å². The summed E-state index contributed by atoms with van der Waals surface area (Å²) in [4.78, 5) is 27.6. The fraction of sp³-hybridized carbons (Fsp3) is 0.333. The molecule has 0 amide bonds. The zero-order valence-electron chi connectivity index (χ0n) is 24.6. The number of hydrogen-bond acceptors (Lipinski definition) is 7. The lowest BCUT2D eigenvalue weighted by molar-refractivity contribution is 0.0987. The largest absolute Gasteiger partial charge is 0.492 e. The molecule has 0 bridgehead atoms. The Hall–Kier alpha value is -4.34. The number of carbonyl (C=O) groups is 1. The lowest BCUT2D eigenvalue weighted by atomic mass is 10.0. The van der Waals surface area contributed by atoms with Gasteiger partial charge in [0.1, 0.15) is 23.7 Å². The van der Waals surface area contributed by atoms with Crippen LogP contribution in [0.1, 0.15) is 40.1 Å². The smallest absolute Gasteiger partial charge is 0.185 e. The van der Waals surface area contributed by atoms with Gasteiger partial charge in [-0.1, -0.05) is 24.8 Å². The minimum Gasteiger partial charge on any atom is -0.492 e. The second kappa shape index (κ2) is 11.9. The number of fused-ring (bicyclic) bond motifs is 2. The molecule has 42 heavy (non-hydrogen) atoms. The highest BCUT2D eigenvalue weighted by Gasteiger charge is 2.18. The van der Waals surface area contributed by atoms with E-state index in [9.17, 15) is 4.79 Å². The molecule has 0 unspecified atom stereocenters. The summed E-state index contributed by atoms with van der Waals surface area (Å²) in [5.41, 5.74) is 6.79. The molecule has 0 saturated carbocycles. The maximum atomic E-state index is 13.6. The average molecular weight is 564 g/mol. The van der Waals surface area contributed by atoms with Gasteiger partial charge >= 0.3 is 0 Å². The molecule has 9 heteroatoms. The van der Waals surface area contributed by atoms with E-state index in [1.807, 2.05) is 77.7 Å². The molecule has 1 aliphatic heterocycles. The van der Waals surface area contributed by atoms with Crippen LogP contribution in [0.2, 0.25) is 0 Å². The summed E-state index contributed by atoms with van der Waals surface area (Å²) < 4.78 is 9.82. The number of aryl methyl sites for hydroxylation is 1. The number of rotatable bonds is 10. The van der Waals surface area contributed by atoms with Gasteiger partial charge in [-0.2, -0.15) is 5.10 Å². The summed E-state index contributed by atoms with van der Waals surface area (Å²) in [6.45, 7) is 14.3. The first-order valence-corrected chi connectivity index (χ1v) is 14.5. The highest BCUT2D eigenvalue weighted by Crippen LogP contribution is 2.25. The van der Waals surface area contributed by atoms with Crippen LogP contribution in [0, 0.1) is 6.92 Å². The number of imidazole rings is 1. The number of carbonyl (C=O) groups excluding carboxylic acids is 1. The van der Waals surface area contributed by atoms with E-state index in [1.54, 1.807) is 6.20 Å². The zero-order valence-corrected chi connectivity index (χ0v) is 24.6. The third-order valence-corrected chi connectivity index (χ3v) is 7.99. The van der Waals surface area contributed by atoms with Gasteiger partial charge in [0.2, 0.25) is 0 Å². The van der Waals surface area contributed by atoms with Crippen LogP contribution in [0.3, 0.4) is 0 Å². The van der Waals surface area contributed by atoms with Crippen LogP contribution in [-0.2, 0) is 13.0 Å². The fourth-order valence-corrected chi connectivity index (χ4v) is 5.62. The van der Waals surface area contributed by atoms with Gasteiger partial charge in [-0.15, -0.1) is 0 Å². The van der Waals surface area contributed by atoms with Crippen molar-refractivity contribution >= 4 is 27.9 Å². The molecule has 1 aromatic carbocycles. The van der Waals surface area contributed by atoms with E-state index in [1.165, 1.54) is 0 Å². The molecule has 1 aliphatic rings. The van der Waals surface area contributed by atoms with E-state index in [2.05, 4.69) is 28.4 Å². The number of ether oxygens (including phenoxy) is 1. The second-order valence-electron chi connectivity index (χ2n) is 11.2. The highest BCUT2D eigenvalue weighted by molar-refractivity contribution is 5.99. The summed E-state index contributed by atoms with van der Waals surface area (Å²) in [6, 6.07) is 15.8. The van der Waals surface area contributed by atoms with Crippen LogP contribution in [0.4, 0.5) is 0 Å². The van der Waals surface area contributed by atoms with E-state index in [0.29, 0.717) is 24.5 Å². The lowest BCUT2D eigenvalue weighted by Gasteiger charge is -2.32. The van der Waals surface area contributed by atoms with Gasteiger partial charge in [0.15, 0.2) is 5.78 Å². The highest BCUT2D eigenvalue weighted by atomic mass is 16.5. The van der Waals surface area contributed by atoms with Crippen molar-refractivity contribution in [2.45, 2.75) is 26.8 Å². The molecule has 0 aliphatic carbocycles. The van der Waals surface area contributed by atoms with Gasteiger partial charge in [-0.3, -0.25) is 23.8 Å². The van der Waals surface area contributed by atoms with Gasteiger partial charge in [-0.25, -0.2) is 4.98 Å². The number of Topliss-reactive ketones (excluding diaryl/α,β-unsaturated/α-hetero) is 1. The number of pyridine rings is 2. The normalized spacial score (nSPS) is 14.5. The molecule has 5 heterocycles. The predicted octanol–water partition coefficient (Wildman–Crippen LogP) is 4.52. The number of piperazine rings is 1. The fourth-order valence-electron chi connectivity index (χ4n) is 5.62. The third kappa shape index (κ3) is 5.84. The number of nitrogens with zero attached hydrogens (tertiary/aromatic N) is 7. The van der Waals surface area contributed by atoms with Crippen LogP contribution >= 0.6 is 0 Å². The van der Waals surface area contributed by atoms with Crippen molar-refractivity contribution in [1.29, 1.82) is 0 Å². The van der Waals surface area contributed by atoms with Crippen LogP contribution in [-0.4, -0.2) is 86.1 Å². The minimum absolute atomic E-state index is 0.00158. The van der Waals surface area contributed by atoms with Gasteiger partial charge in [0.05, 0.1) is 35.3 Å². The maximum absolute atomic E-state index is 13.6. The second-order valence-corrected chi connectivity index (χ2v) is 11.2. The maximum Gasteiger partial charge on any atom is 0.185 e. The SMILES string of the molecule is C=C(C)c1cccc(Cn2nc(C)c3c(CC(=O)c4cnc5cc(OCCN6CCN(C)CC6)ccn45)cccc32)n1. The number of hydrogen-bond donors (Lipinski definition) is 0. The molecule has 1 saturated heterocycles. The quantitative estimate of drug-likeness (QED) is 0.231. The van der Waals surface area contributed by atoms with Crippen molar-refractivity contribution in [1.82, 2.24) is 33.9 Å². The van der Waals surface area contributed by atoms with Crippen LogP contribution < -0.4 is 4.74 Å². The Morgan fingerprint density at radius 3 is 2.69 bits per heavy atom. The average Bonchev–Trinajstić information content (AvgIpc) is 3.55. The van der Waals surface area contributed by atoms with Gasteiger partial charge in [-0.05, 0) is 56.3 Å². The monoisotopic (exact) mass is 563 g/mol. The molecule has 5 aromatic rings. The number of allylic oxidation sites excluding steroid dienone is 1. The number of benzene rings is 1. The summed E-state index contributed by atoms with van der Waals surface area (Å²) >= 11 is 0. The Balaban J connectivity index is 1.16. The first-order valence-electron chi connectivity index (χ1n) is 14.5. The third-order valence-electron chi connectivity index (χ3n) is 7.99. The predicted molar refractivity (Wildman–Crippen MR) is 165 cm³/mol. The molecule has 0 spiro atoms. The Morgan fingerprint density at radius 2 is 1.88 bits per heavy atom. The number of ketones is 1. The van der Waals surface area contributed by atoms with E-state index in [0.717, 1.165) is 77.6 Å². The van der Waals surface area contributed by atoms with Crippen molar-refractivity contribution in [3.05, 3.63) is 95.8 Å². The van der Waals surface area contributed by atoms with Crippen molar-refractivity contribution in [2.75, 3.05) is 46.4 Å². The first-order chi connectivity index (χ1) is 20.4. The zero-order chi connectivity index (χ0) is 29.2. The van der Waals surface area contributed by atoms with E-state index in [-0.39, 0.29) is 12.2 Å².